The Balaban J connectivity index is 1.66. The zero-order valence-electron chi connectivity index (χ0n) is 16.6. The first-order valence-corrected chi connectivity index (χ1v) is 11.2. The first kappa shape index (κ1) is 20.8. The molecule has 0 radical (unpaired) electrons. The summed E-state index contributed by atoms with van der Waals surface area (Å²) in [6.45, 7) is 0.386. The lowest BCUT2D eigenvalue weighted by Crippen LogP contribution is -2.49. The van der Waals surface area contributed by atoms with E-state index in [1.165, 1.54) is 29.4 Å². The molecular formula is C22H21N3O5S. The van der Waals surface area contributed by atoms with Crippen molar-refractivity contribution >= 4 is 27.5 Å². The zero-order chi connectivity index (χ0) is 21.8. The number of rotatable bonds is 6. The van der Waals surface area contributed by atoms with Gasteiger partial charge in [0, 0.05) is 24.3 Å². The van der Waals surface area contributed by atoms with Crippen LogP contribution in [0.15, 0.2) is 82.3 Å². The number of hydrogen-bond acceptors (Lipinski definition) is 5. The van der Waals surface area contributed by atoms with Gasteiger partial charge in [-0.05, 0) is 42.5 Å². The SMILES string of the molecule is O=C1CN(S(=O)(=O)c2cccc(C(=O)N(Cc3ccco3)c3ccccc3)c2)CCN1. The van der Waals surface area contributed by atoms with Crippen LogP contribution in [0.3, 0.4) is 0 Å². The highest BCUT2D eigenvalue weighted by Crippen LogP contribution is 2.23. The third-order valence-corrected chi connectivity index (χ3v) is 6.77. The van der Waals surface area contributed by atoms with Crippen molar-refractivity contribution in [2.75, 3.05) is 24.5 Å². The number of para-hydroxylation sites is 1. The number of piperazine rings is 1. The minimum Gasteiger partial charge on any atom is -0.467 e. The molecule has 4 rings (SSSR count). The van der Waals surface area contributed by atoms with E-state index >= 15 is 0 Å². The number of hydrogen-bond donors (Lipinski definition) is 1. The van der Waals surface area contributed by atoms with Gasteiger partial charge < -0.3 is 14.6 Å². The van der Waals surface area contributed by atoms with E-state index in [0.29, 0.717) is 11.4 Å². The maximum absolute atomic E-state index is 13.4. The monoisotopic (exact) mass is 439 g/mol. The highest BCUT2D eigenvalue weighted by Gasteiger charge is 2.30. The molecule has 31 heavy (non-hydrogen) atoms. The van der Waals surface area contributed by atoms with Crippen LogP contribution >= 0.6 is 0 Å². The summed E-state index contributed by atoms with van der Waals surface area (Å²) in [6, 6.07) is 18.5. The Morgan fingerprint density at radius 2 is 1.87 bits per heavy atom. The van der Waals surface area contributed by atoms with Crippen LogP contribution in [0.2, 0.25) is 0 Å². The Morgan fingerprint density at radius 1 is 1.06 bits per heavy atom. The molecule has 0 aliphatic carbocycles. The maximum Gasteiger partial charge on any atom is 0.258 e. The predicted molar refractivity (Wildman–Crippen MR) is 114 cm³/mol. The lowest BCUT2D eigenvalue weighted by Gasteiger charge is -2.26. The lowest BCUT2D eigenvalue weighted by atomic mass is 10.1. The van der Waals surface area contributed by atoms with Crippen LogP contribution in [-0.2, 0) is 21.4 Å². The van der Waals surface area contributed by atoms with E-state index in [2.05, 4.69) is 5.32 Å². The van der Waals surface area contributed by atoms with Gasteiger partial charge in [-0.3, -0.25) is 9.59 Å². The van der Waals surface area contributed by atoms with Gasteiger partial charge in [-0.2, -0.15) is 4.31 Å². The van der Waals surface area contributed by atoms with Gasteiger partial charge in [-0.1, -0.05) is 24.3 Å². The quantitative estimate of drug-likeness (QED) is 0.635. The largest absolute Gasteiger partial charge is 0.467 e. The molecule has 0 atom stereocenters. The number of carbonyl (C=O) groups excluding carboxylic acids is 2. The molecule has 0 unspecified atom stereocenters. The number of amides is 2. The second kappa shape index (κ2) is 8.75. The number of carbonyl (C=O) groups is 2. The molecule has 9 heteroatoms. The van der Waals surface area contributed by atoms with E-state index in [4.69, 9.17) is 4.42 Å². The smallest absolute Gasteiger partial charge is 0.258 e. The molecule has 1 aliphatic heterocycles. The minimum absolute atomic E-state index is 0.0286. The van der Waals surface area contributed by atoms with E-state index in [0.717, 1.165) is 4.31 Å². The standard InChI is InChI=1S/C22H21N3O5S/c26-21-16-24(12-11-23-21)31(28,29)20-10-4-6-17(14-20)22(27)25(15-19-9-5-13-30-19)18-7-2-1-3-8-18/h1-10,13-14H,11-12,15-16H2,(H,23,26). The number of nitrogens with one attached hydrogen (secondary N) is 1. The number of nitrogens with zero attached hydrogens (tertiary/aromatic N) is 2. The zero-order valence-corrected chi connectivity index (χ0v) is 17.4. The first-order valence-electron chi connectivity index (χ1n) is 9.71. The number of sulfonamides is 1. The Morgan fingerprint density at radius 3 is 2.58 bits per heavy atom. The Kier molecular flexibility index (Phi) is 5.88. The summed E-state index contributed by atoms with van der Waals surface area (Å²) in [5.74, 6) is -0.118. The van der Waals surface area contributed by atoms with Gasteiger partial charge in [0.05, 0.1) is 24.2 Å². The first-order chi connectivity index (χ1) is 14.9. The molecule has 2 heterocycles. The van der Waals surface area contributed by atoms with Crippen LogP contribution < -0.4 is 10.2 Å². The molecule has 1 saturated heterocycles. The maximum atomic E-state index is 13.4. The van der Waals surface area contributed by atoms with Gasteiger partial charge in [0.2, 0.25) is 15.9 Å². The van der Waals surface area contributed by atoms with E-state index in [9.17, 15) is 18.0 Å². The van der Waals surface area contributed by atoms with Crippen LogP contribution in [0.25, 0.3) is 0 Å². The molecule has 160 valence electrons. The van der Waals surface area contributed by atoms with Crippen LogP contribution in [0, 0.1) is 0 Å². The van der Waals surface area contributed by atoms with Gasteiger partial charge in [0.15, 0.2) is 0 Å². The average molecular weight is 439 g/mol. The Bertz CT molecular complexity index is 1180. The normalized spacial score (nSPS) is 14.8. The third-order valence-electron chi connectivity index (χ3n) is 4.93. The molecule has 0 bridgehead atoms. The summed E-state index contributed by atoms with van der Waals surface area (Å²) < 4.78 is 32.5. The average Bonchev–Trinajstić information content (AvgIpc) is 3.31. The van der Waals surface area contributed by atoms with Crippen LogP contribution in [0.1, 0.15) is 16.1 Å². The topological polar surface area (TPSA) is 99.9 Å². The summed E-state index contributed by atoms with van der Waals surface area (Å²) in [7, 11) is -3.91. The van der Waals surface area contributed by atoms with E-state index in [-0.39, 0.29) is 48.5 Å². The summed E-state index contributed by atoms with van der Waals surface area (Å²) in [6.07, 6.45) is 1.53. The molecule has 1 N–H and O–H groups in total. The highest BCUT2D eigenvalue weighted by atomic mass is 32.2. The van der Waals surface area contributed by atoms with E-state index in [1.54, 1.807) is 30.3 Å². The van der Waals surface area contributed by atoms with Crippen molar-refractivity contribution < 1.29 is 22.4 Å². The van der Waals surface area contributed by atoms with Crippen molar-refractivity contribution in [1.82, 2.24) is 9.62 Å². The Labute approximate surface area is 180 Å². The molecule has 2 aromatic carbocycles. The summed E-state index contributed by atoms with van der Waals surface area (Å²) in [5, 5.41) is 2.60. The van der Waals surface area contributed by atoms with Crippen LogP contribution in [0.4, 0.5) is 5.69 Å². The fourth-order valence-corrected chi connectivity index (χ4v) is 4.80. The summed E-state index contributed by atoms with van der Waals surface area (Å²) >= 11 is 0. The van der Waals surface area contributed by atoms with E-state index < -0.39 is 10.0 Å². The number of anilines is 1. The van der Waals surface area contributed by atoms with Crippen molar-refractivity contribution in [2.24, 2.45) is 0 Å². The van der Waals surface area contributed by atoms with Gasteiger partial charge >= 0.3 is 0 Å². The number of furan rings is 1. The molecule has 1 aromatic heterocycles. The second-order valence-corrected chi connectivity index (χ2v) is 8.96. The van der Waals surface area contributed by atoms with Gasteiger partial charge in [-0.25, -0.2) is 8.42 Å². The fourth-order valence-electron chi connectivity index (χ4n) is 3.36. The van der Waals surface area contributed by atoms with Crippen molar-refractivity contribution in [3.63, 3.8) is 0 Å². The van der Waals surface area contributed by atoms with Crippen LogP contribution in [-0.4, -0.2) is 44.2 Å². The summed E-state index contributed by atoms with van der Waals surface area (Å²) in [4.78, 5) is 26.5. The van der Waals surface area contributed by atoms with Crippen molar-refractivity contribution in [1.29, 1.82) is 0 Å². The second-order valence-electron chi connectivity index (χ2n) is 7.02. The van der Waals surface area contributed by atoms with Crippen molar-refractivity contribution in [3.8, 4) is 0 Å². The van der Waals surface area contributed by atoms with Crippen LogP contribution in [0.5, 0.6) is 0 Å². The van der Waals surface area contributed by atoms with Crippen molar-refractivity contribution in [3.05, 3.63) is 84.3 Å². The lowest BCUT2D eigenvalue weighted by molar-refractivity contribution is -0.122. The predicted octanol–water partition coefficient (Wildman–Crippen LogP) is 2.25. The molecule has 0 spiro atoms. The van der Waals surface area contributed by atoms with Gasteiger partial charge in [0.1, 0.15) is 5.76 Å². The molecule has 1 fully saturated rings. The van der Waals surface area contributed by atoms with Gasteiger partial charge in [-0.15, -0.1) is 0 Å². The molecule has 3 aromatic rings. The molecular weight excluding hydrogens is 418 g/mol. The van der Waals surface area contributed by atoms with Gasteiger partial charge in [0.25, 0.3) is 5.91 Å². The highest BCUT2D eigenvalue weighted by molar-refractivity contribution is 7.89. The molecule has 2 amide bonds. The molecule has 8 nitrogen and oxygen atoms in total. The molecule has 1 aliphatic rings. The molecule has 0 saturated carbocycles. The minimum atomic E-state index is -3.91. The third kappa shape index (κ3) is 4.52. The fraction of sp³-hybridized carbons (Fsp3) is 0.182. The van der Waals surface area contributed by atoms with E-state index in [1.807, 2.05) is 18.2 Å². The van der Waals surface area contributed by atoms with Crippen molar-refractivity contribution in [2.45, 2.75) is 11.4 Å². The Hall–Kier alpha value is -3.43. The summed E-state index contributed by atoms with van der Waals surface area (Å²) in [5.41, 5.74) is 0.878. The number of benzene rings is 2.